The number of nitrogens with one attached hydrogen (secondary N) is 1. The molecule has 2 atom stereocenters. The van der Waals surface area contributed by atoms with E-state index >= 15 is 0 Å². The van der Waals surface area contributed by atoms with Gasteiger partial charge in [0.05, 0.1) is 16.8 Å². The van der Waals surface area contributed by atoms with Crippen LogP contribution in [0, 0.1) is 6.92 Å². The van der Waals surface area contributed by atoms with Crippen molar-refractivity contribution in [3.05, 3.63) is 29.3 Å². The van der Waals surface area contributed by atoms with Gasteiger partial charge in [-0.25, -0.2) is 8.42 Å². The van der Waals surface area contributed by atoms with E-state index in [0.717, 1.165) is 10.5 Å². The minimum Gasteiger partial charge on any atom is -0.351 e. The normalized spacial score (nSPS) is 21.5. The maximum atomic E-state index is 12.4. The molecule has 1 heterocycles. The molecule has 1 N–H and O–H groups in total. The van der Waals surface area contributed by atoms with Gasteiger partial charge in [-0.2, -0.15) is 0 Å². The van der Waals surface area contributed by atoms with Crippen LogP contribution in [0.4, 0.5) is 0 Å². The lowest BCUT2D eigenvalue weighted by Gasteiger charge is -2.22. The summed E-state index contributed by atoms with van der Waals surface area (Å²) in [5.74, 6) is 0.142. The molecule has 134 valence electrons. The molecule has 1 aromatic carbocycles. The number of amides is 1. The summed E-state index contributed by atoms with van der Waals surface area (Å²) in [5, 5.41) is 2.62. The van der Waals surface area contributed by atoms with E-state index in [9.17, 15) is 13.2 Å². The van der Waals surface area contributed by atoms with E-state index < -0.39 is 9.84 Å². The molecule has 6 heteroatoms. The van der Waals surface area contributed by atoms with E-state index in [-0.39, 0.29) is 34.1 Å². The van der Waals surface area contributed by atoms with Gasteiger partial charge in [0, 0.05) is 10.9 Å². The van der Waals surface area contributed by atoms with Crippen molar-refractivity contribution in [2.24, 2.45) is 0 Å². The average Bonchev–Trinajstić information content (AvgIpc) is 2.78. The number of hydrogen-bond donors (Lipinski definition) is 1. The van der Waals surface area contributed by atoms with Crippen molar-refractivity contribution in [1.82, 2.24) is 5.32 Å². The van der Waals surface area contributed by atoms with Gasteiger partial charge in [-0.1, -0.05) is 32.9 Å². The van der Waals surface area contributed by atoms with Gasteiger partial charge in [-0.3, -0.25) is 4.79 Å². The molecule has 0 saturated carbocycles. The Bertz CT molecular complexity index is 720. The van der Waals surface area contributed by atoms with Crippen LogP contribution < -0.4 is 5.32 Å². The molecule has 1 aliphatic rings. The Kier molecular flexibility index (Phi) is 5.70. The van der Waals surface area contributed by atoms with Crippen LogP contribution in [0.2, 0.25) is 0 Å². The Hall–Kier alpha value is -1.01. The monoisotopic (exact) mass is 369 g/mol. The molecule has 1 saturated heterocycles. The molecule has 0 unspecified atom stereocenters. The smallest absolute Gasteiger partial charge is 0.233 e. The highest BCUT2D eigenvalue weighted by molar-refractivity contribution is 8.00. The predicted octanol–water partition coefficient (Wildman–Crippen LogP) is 3.08. The predicted molar refractivity (Wildman–Crippen MR) is 100 cm³/mol. The summed E-state index contributed by atoms with van der Waals surface area (Å²) in [6.45, 7) is 10.4. The van der Waals surface area contributed by atoms with Crippen LogP contribution in [-0.2, 0) is 20.0 Å². The molecule has 0 aliphatic carbocycles. The fourth-order valence-electron chi connectivity index (χ4n) is 2.66. The zero-order valence-corrected chi connectivity index (χ0v) is 16.7. The van der Waals surface area contributed by atoms with Crippen LogP contribution in [0.3, 0.4) is 0 Å². The highest BCUT2D eigenvalue weighted by Gasteiger charge is 2.30. The molecule has 1 fully saturated rings. The first-order valence-electron chi connectivity index (χ1n) is 8.26. The lowest BCUT2D eigenvalue weighted by Crippen LogP contribution is -2.39. The molecule has 1 amide bonds. The summed E-state index contributed by atoms with van der Waals surface area (Å²) >= 11 is 1.53. The largest absolute Gasteiger partial charge is 0.351 e. The second-order valence-electron chi connectivity index (χ2n) is 7.60. The third-order valence-electron chi connectivity index (χ3n) is 4.31. The molecule has 0 spiro atoms. The van der Waals surface area contributed by atoms with Gasteiger partial charge >= 0.3 is 0 Å². The number of benzene rings is 1. The summed E-state index contributed by atoms with van der Waals surface area (Å²) < 4.78 is 23.0. The minimum absolute atomic E-state index is 0.0622. The van der Waals surface area contributed by atoms with Crippen molar-refractivity contribution in [3.8, 4) is 0 Å². The van der Waals surface area contributed by atoms with Crippen LogP contribution in [-0.4, -0.2) is 37.1 Å². The molecular weight excluding hydrogens is 342 g/mol. The maximum Gasteiger partial charge on any atom is 0.233 e. The molecule has 2 rings (SSSR count). The number of hydrogen-bond acceptors (Lipinski definition) is 4. The van der Waals surface area contributed by atoms with Crippen molar-refractivity contribution >= 4 is 27.5 Å². The fraction of sp³-hybridized carbons (Fsp3) is 0.611. The molecule has 4 nitrogen and oxygen atoms in total. The van der Waals surface area contributed by atoms with Gasteiger partial charge in [-0.05, 0) is 42.9 Å². The number of aryl methyl sites for hydroxylation is 1. The lowest BCUT2D eigenvalue weighted by molar-refractivity contribution is -0.120. The summed E-state index contributed by atoms with van der Waals surface area (Å²) in [5.41, 5.74) is 2.45. The van der Waals surface area contributed by atoms with E-state index in [0.29, 0.717) is 6.42 Å². The van der Waals surface area contributed by atoms with Crippen LogP contribution >= 0.6 is 11.8 Å². The first-order chi connectivity index (χ1) is 11.0. The van der Waals surface area contributed by atoms with Gasteiger partial charge in [-0.15, -0.1) is 11.8 Å². The highest BCUT2D eigenvalue weighted by atomic mass is 32.2. The fourth-order valence-corrected chi connectivity index (χ4v) is 5.34. The summed E-state index contributed by atoms with van der Waals surface area (Å²) in [4.78, 5) is 13.5. The Morgan fingerprint density at radius 2 is 2.00 bits per heavy atom. The lowest BCUT2D eigenvalue weighted by atomic mass is 9.87. The first-order valence-corrected chi connectivity index (χ1v) is 11.0. The van der Waals surface area contributed by atoms with Crippen LogP contribution in [0.25, 0.3) is 0 Å². The van der Waals surface area contributed by atoms with E-state index in [2.05, 4.69) is 44.3 Å². The number of carbonyl (C=O) groups excluding carboxylic acids is 1. The SMILES string of the molecule is Cc1ccc(C(C)(C)C)cc1S[C@@H](C)C(=O)N[C@@H]1CCS(=O)(=O)C1. The van der Waals surface area contributed by atoms with Gasteiger partial charge in [0.15, 0.2) is 9.84 Å². The van der Waals surface area contributed by atoms with Gasteiger partial charge in [0.2, 0.25) is 5.91 Å². The standard InChI is InChI=1S/C18H27NO3S2/c1-12-6-7-14(18(3,4)5)10-16(12)23-13(2)17(20)19-15-8-9-24(21,22)11-15/h6-7,10,13,15H,8-9,11H2,1-5H3,(H,19,20)/t13-,15+/m0/s1. The Balaban J connectivity index is 2.04. The summed E-state index contributed by atoms with van der Waals surface area (Å²) in [6.07, 6.45) is 0.518. The van der Waals surface area contributed by atoms with Crippen LogP contribution in [0.1, 0.15) is 45.2 Å². The Labute approximate surface area is 149 Å². The van der Waals surface area contributed by atoms with Crippen molar-refractivity contribution in [2.75, 3.05) is 11.5 Å². The Morgan fingerprint density at radius 1 is 1.33 bits per heavy atom. The number of sulfone groups is 1. The zero-order valence-electron chi connectivity index (χ0n) is 15.0. The number of rotatable bonds is 4. The van der Waals surface area contributed by atoms with Crippen molar-refractivity contribution in [2.45, 2.75) is 62.6 Å². The molecule has 0 aromatic heterocycles. The van der Waals surface area contributed by atoms with E-state index in [1.807, 2.05) is 13.8 Å². The number of thioether (sulfide) groups is 1. The molecule has 0 bridgehead atoms. The highest BCUT2D eigenvalue weighted by Crippen LogP contribution is 2.32. The quantitative estimate of drug-likeness (QED) is 0.829. The maximum absolute atomic E-state index is 12.4. The second kappa shape index (κ2) is 7.08. The average molecular weight is 370 g/mol. The van der Waals surface area contributed by atoms with Crippen LogP contribution in [0.15, 0.2) is 23.1 Å². The molecule has 1 aliphatic heterocycles. The molecule has 0 radical (unpaired) electrons. The third kappa shape index (κ3) is 4.99. The minimum atomic E-state index is -2.98. The van der Waals surface area contributed by atoms with Crippen molar-refractivity contribution < 1.29 is 13.2 Å². The van der Waals surface area contributed by atoms with Gasteiger partial charge < -0.3 is 5.32 Å². The third-order valence-corrected chi connectivity index (χ3v) is 7.34. The molecular formula is C18H27NO3S2. The topological polar surface area (TPSA) is 63.2 Å². The van der Waals surface area contributed by atoms with Crippen LogP contribution in [0.5, 0.6) is 0 Å². The van der Waals surface area contributed by atoms with Crippen molar-refractivity contribution in [3.63, 3.8) is 0 Å². The van der Waals surface area contributed by atoms with E-state index in [1.165, 1.54) is 17.3 Å². The number of carbonyl (C=O) groups is 1. The molecule has 1 aromatic rings. The van der Waals surface area contributed by atoms with Gasteiger partial charge in [0.25, 0.3) is 0 Å². The van der Waals surface area contributed by atoms with E-state index in [1.54, 1.807) is 0 Å². The second-order valence-corrected chi connectivity index (χ2v) is 11.2. The first kappa shape index (κ1) is 19.3. The molecule has 24 heavy (non-hydrogen) atoms. The van der Waals surface area contributed by atoms with Gasteiger partial charge in [0.1, 0.15) is 0 Å². The zero-order chi connectivity index (χ0) is 18.1. The summed E-state index contributed by atoms with van der Waals surface area (Å²) in [7, 11) is -2.98. The van der Waals surface area contributed by atoms with Crippen molar-refractivity contribution in [1.29, 1.82) is 0 Å². The Morgan fingerprint density at radius 3 is 2.54 bits per heavy atom. The summed E-state index contributed by atoms with van der Waals surface area (Å²) in [6, 6.07) is 6.14. The van der Waals surface area contributed by atoms with E-state index in [4.69, 9.17) is 0 Å².